The second-order valence-corrected chi connectivity index (χ2v) is 5.19. The molecule has 1 saturated carbocycles. The first-order valence-corrected chi connectivity index (χ1v) is 6.45. The first-order chi connectivity index (χ1) is 8.62. The van der Waals surface area contributed by atoms with Crippen molar-refractivity contribution >= 4 is 5.97 Å². The molecule has 0 aromatic carbocycles. The van der Waals surface area contributed by atoms with Gasteiger partial charge in [0.05, 0.1) is 19.2 Å². The molecule has 0 amide bonds. The van der Waals surface area contributed by atoms with Crippen molar-refractivity contribution in [1.82, 2.24) is 10.1 Å². The van der Waals surface area contributed by atoms with E-state index in [0.717, 1.165) is 31.4 Å². The van der Waals surface area contributed by atoms with Gasteiger partial charge in [-0.1, -0.05) is 24.4 Å². The fraction of sp³-hybridized carbons (Fsp3) is 0.692. The third-order valence-corrected chi connectivity index (χ3v) is 3.96. The highest BCUT2D eigenvalue weighted by atomic mass is 16.5. The quantitative estimate of drug-likeness (QED) is 0.870. The number of hydrogen-bond acceptors (Lipinski definition) is 4. The molecule has 100 valence electrons. The van der Waals surface area contributed by atoms with Crippen molar-refractivity contribution in [1.29, 1.82) is 0 Å². The lowest BCUT2D eigenvalue weighted by atomic mass is 9.78. The van der Waals surface area contributed by atoms with Crippen molar-refractivity contribution in [3.8, 4) is 0 Å². The van der Waals surface area contributed by atoms with E-state index in [-0.39, 0.29) is 12.0 Å². The summed E-state index contributed by atoms with van der Waals surface area (Å²) >= 11 is 0. The van der Waals surface area contributed by atoms with Crippen LogP contribution in [-0.2, 0) is 11.3 Å². The Labute approximate surface area is 107 Å². The zero-order valence-corrected chi connectivity index (χ0v) is 10.8. The minimum absolute atomic E-state index is 0.206. The molecule has 0 atom stereocenters. The molecule has 1 aliphatic rings. The highest BCUT2D eigenvalue weighted by Crippen LogP contribution is 2.36. The molecule has 0 aliphatic heterocycles. The summed E-state index contributed by atoms with van der Waals surface area (Å²) in [7, 11) is 1.98. The molecule has 1 aliphatic carbocycles. The molecule has 1 aromatic rings. The predicted octanol–water partition coefficient (Wildman–Crippen LogP) is 2.28. The van der Waals surface area contributed by atoms with E-state index < -0.39 is 5.97 Å². The van der Waals surface area contributed by atoms with Gasteiger partial charge in [-0.05, 0) is 19.9 Å². The van der Waals surface area contributed by atoms with Gasteiger partial charge in [-0.15, -0.1) is 0 Å². The fourth-order valence-corrected chi connectivity index (χ4v) is 2.91. The third-order valence-electron chi connectivity index (χ3n) is 3.96. The topological polar surface area (TPSA) is 66.6 Å². The Kier molecular flexibility index (Phi) is 4.01. The molecule has 18 heavy (non-hydrogen) atoms. The van der Waals surface area contributed by atoms with E-state index in [0.29, 0.717) is 6.54 Å². The standard InChI is InChI=1S/C13H20N2O3/c1-15(10-11-5-8-14-18-11)13(9-12(16)17)6-3-2-4-7-13/h5,8H,2-4,6-7,9-10H2,1H3,(H,16,17). The van der Waals surface area contributed by atoms with Gasteiger partial charge in [0.2, 0.25) is 0 Å². The Morgan fingerprint density at radius 3 is 2.78 bits per heavy atom. The molecule has 1 heterocycles. The maximum atomic E-state index is 11.1. The van der Waals surface area contributed by atoms with Gasteiger partial charge in [-0.25, -0.2) is 0 Å². The van der Waals surface area contributed by atoms with E-state index >= 15 is 0 Å². The Morgan fingerprint density at radius 1 is 1.50 bits per heavy atom. The summed E-state index contributed by atoms with van der Waals surface area (Å²) in [6.07, 6.45) is 7.14. The smallest absolute Gasteiger partial charge is 0.305 e. The summed E-state index contributed by atoms with van der Waals surface area (Å²) in [5.74, 6) is 0.0640. The Morgan fingerprint density at radius 2 is 2.22 bits per heavy atom. The molecule has 2 rings (SSSR count). The summed E-state index contributed by atoms with van der Waals surface area (Å²) in [6, 6.07) is 1.83. The van der Waals surface area contributed by atoms with Crippen LogP contribution in [0.1, 0.15) is 44.3 Å². The van der Waals surface area contributed by atoms with E-state index in [1.165, 1.54) is 6.42 Å². The summed E-state index contributed by atoms with van der Waals surface area (Å²) in [5.41, 5.74) is -0.225. The Bertz CT molecular complexity index is 383. The minimum atomic E-state index is -0.721. The summed E-state index contributed by atoms with van der Waals surface area (Å²) < 4.78 is 5.11. The number of nitrogens with zero attached hydrogens (tertiary/aromatic N) is 2. The second kappa shape index (κ2) is 5.52. The molecule has 0 radical (unpaired) electrons. The van der Waals surface area contributed by atoms with E-state index in [2.05, 4.69) is 10.1 Å². The minimum Gasteiger partial charge on any atom is -0.481 e. The van der Waals surface area contributed by atoms with E-state index in [1.807, 2.05) is 13.1 Å². The average Bonchev–Trinajstić information content (AvgIpc) is 2.82. The molecule has 1 aromatic heterocycles. The van der Waals surface area contributed by atoms with Crippen molar-refractivity contribution < 1.29 is 14.4 Å². The van der Waals surface area contributed by atoms with E-state index in [9.17, 15) is 4.79 Å². The van der Waals surface area contributed by atoms with Crippen LogP contribution in [0, 0.1) is 0 Å². The monoisotopic (exact) mass is 252 g/mol. The highest BCUT2D eigenvalue weighted by Gasteiger charge is 2.38. The summed E-state index contributed by atoms with van der Waals surface area (Å²) in [4.78, 5) is 13.2. The van der Waals surface area contributed by atoms with Crippen LogP contribution < -0.4 is 0 Å². The summed E-state index contributed by atoms with van der Waals surface area (Å²) in [6.45, 7) is 0.618. The second-order valence-electron chi connectivity index (χ2n) is 5.19. The van der Waals surface area contributed by atoms with Gasteiger partial charge in [0.25, 0.3) is 0 Å². The van der Waals surface area contributed by atoms with E-state index in [1.54, 1.807) is 6.20 Å². The van der Waals surface area contributed by atoms with Gasteiger partial charge in [-0.2, -0.15) is 0 Å². The van der Waals surface area contributed by atoms with Gasteiger partial charge >= 0.3 is 5.97 Å². The molecule has 5 nitrogen and oxygen atoms in total. The van der Waals surface area contributed by atoms with Gasteiger partial charge in [0.15, 0.2) is 5.76 Å². The van der Waals surface area contributed by atoms with Crippen molar-refractivity contribution in [3.05, 3.63) is 18.0 Å². The predicted molar refractivity (Wildman–Crippen MR) is 66.0 cm³/mol. The first-order valence-electron chi connectivity index (χ1n) is 6.45. The number of rotatable bonds is 5. The van der Waals surface area contributed by atoms with Gasteiger partial charge in [0.1, 0.15) is 0 Å². The van der Waals surface area contributed by atoms with Crippen LogP contribution in [0.5, 0.6) is 0 Å². The van der Waals surface area contributed by atoms with Gasteiger partial charge in [0, 0.05) is 11.6 Å². The third kappa shape index (κ3) is 2.90. The number of aliphatic carboxylic acids is 1. The summed E-state index contributed by atoms with van der Waals surface area (Å²) in [5, 5.41) is 12.8. The number of aromatic nitrogens is 1. The maximum Gasteiger partial charge on any atom is 0.305 e. The van der Waals surface area contributed by atoms with Crippen LogP contribution in [0.4, 0.5) is 0 Å². The average molecular weight is 252 g/mol. The van der Waals surface area contributed by atoms with Gasteiger partial charge in [-0.3, -0.25) is 9.69 Å². The Balaban J connectivity index is 2.09. The van der Waals surface area contributed by atoms with Crippen LogP contribution >= 0.6 is 0 Å². The lowest BCUT2D eigenvalue weighted by molar-refractivity contribution is -0.141. The van der Waals surface area contributed by atoms with E-state index in [4.69, 9.17) is 9.63 Å². The van der Waals surface area contributed by atoms with Crippen LogP contribution in [0.2, 0.25) is 0 Å². The van der Waals surface area contributed by atoms with Crippen LogP contribution in [0.15, 0.2) is 16.8 Å². The van der Waals surface area contributed by atoms with Gasteiger partial charge < -0.3 is 9.63 Å². The number of hydrogen-bond donors (Lipinski definition) is 1. The Hall–Kier alpha value is -1.36. The van der Waals surface area contributed by atoms with Crippen LogP contribution in [0.3, 0.4) is 0 Å². The van der Waals surface area contributed by atoms with Crippen molar-refractivity contribution in [3.63, 3.8) is 0 Å². The molecule has 1 fully saturated rings. The van der Waals surface area contributed by atoms with Crippen LogP contribution in [0.25, 0.3) is 0 Å². The normalized spacial score (nSPS) is 19.0. The van der Waals surface area contributed by atoms with Crippen LogP contribution in [-0.4, -0.2) is 33.7 Å². The lowest BCUT2D eigenvalue weighted by Crippen LogP contribution is -2.48. The number of carbonyl (C=O) groups is 1. The van der Waals surface area contributed by atoms with Crippen molar-refractivity contribution in [2.24, 2.45) is 0 Å². The largest absolute Gasteiger partial charge is 0.481 e. The molecule has 0 unspecified atom stereocenters. The zero-order chi connectivity index (χ0) is 13.0. The first kappa shape index (κ1) is 13.1. The van der Waals surface area contributed by atoms with Crippen molar-refractivity contribution in [2.45, 2.75) is 50.6 Å². The van der Waals surface area contributed by atoms with Crippen molar-refractivity contribution in [2.75, 3.05) is 7.05 Å². The highest BCUT2D eigenvalue weighted by molar-refractivity contribution is 5.68. The number of carboxylic acid groups (broad SMARTS) is 1. The lowest BCUT2D eigenvalue weighted by Gasteiger charge is -2.43. The zero-order valence-electron chi connectivity index (χ0n) is 10.8. The molecular weight excluding hydrogens is 232 g/mol. The molecule has 0 spiro atoms. The SMILES string of the molecule is CN(Cc1ccno1)C1(CC(=O)O)CCCCC1. The fourth-order valence-electron chi connectivity index (χ4n) is 2.91. The molecule has 0 bridgehead atoms. The molecular formula is C13H20N2O3. The molecule has 0 saturated heterocycles. The maximum absolute atomic E-state index is 11.1. The molecule has 5 heteroatoms. The molecule has 1 N–H and O–H groups in total. The number of carboxylic acids is 1.